The van der Waals surface area contributed by atoms with Gasteiger partial charge in [-0.05, 0) is 17.7 Å². The second-order valence-corrected chi connectivity index (χ2v) is 5.24. The molecule has 0 aliphatic heterocycles. The molecule has 3 rings (SSSR count). The fraction of sp³-hybridized carbons (Fsp3) is 0.118. The van der Waals surface area contributed by atoms with Gasteiger partial charge >= 0.3 is 5.69 Å². The number of nitrogens with zero attached hydrogens (tertiary/aromatic N) is 3. The quantitative estimate of drug-likeness (QED) is 0.574. The van der Waals surface area contributed by atoms with Crippen molar-refractivity contribution in [2.24, 2.45) is 0 Å². The van der Waals surface area contributed by atoms with Crippen LogP contribution in [-0.4, -0.2) is 21.8 Å². The van der Waals surface area contributed by atoms with Gasteiger partial charge in [0.25, 0.3) is 0 Å². The van der Waals surface area contributed by atoms with Gasteiger partial charge in [0.15, 0.2) is 5.75 Å². The minimum Gasteiger partial charge on any atom is -0.490 e. The van der Waals surface area contributed by atoms with Crippen molar-refractivity contribution < 1.29 is 9.66 Å². The zero-order valence-corrected chi connectivity index (χ0v) is 13.0. The van der Waals surface area contributed by atoms with E-state index in [1.807, 2.05) is 30.3 Å². The van der Waals surface area contributed by atoms with Crippen molar-refractivity contribution >= 4 is 11.5 Å². The van der Waals surface area contributed by atoms with E-state index in [4.69, 9.17) is 10.5 Å². The van der Waals surface area contributed by atoms with Crippen molar-refractivity contribution in [3.8, 4) is 17.0 Å². The SMILES string of the molecule is COc1ccc(-c2cc(N)n(Cc3ccccc3)n2)cc1[N+](=O)[O-]. The van der Waals surface area contributed by atoms with E-state index in [1.54, 1.807) is 22.9 Å². The molecule has 0 aliphatic rings. The number of hydrogen-bond donors (Lipinski definition) is 1. The minimum atomic E-state index is -0.480. The molecule has 0 atom stereocenters. The summed E-state index contributed by atoms with van der Waals surface area (Å²) >= 11 is 0. The minimum absolute atomic E-state index is 0.105. The summed E-state index contributed by atoms with van der Waals surface area (Å²) in [5.74, 6) is 0.702. The number of nitro groups is 1. The average molecular weight is 324 g/mol. The van der Waals surface area contributed by atoms with Crippen molar-refractivity contribution in [3.05, 3.63) is 70.3 Å². The number of methoxy groups -OCH3 is 1. The smallest absolute Gasteiger partial charge is 0.311 e. The van der Waals surface area contributed by atoms with Gasteiger partial charge in [0.1, 0.15) is 5.82 Å². The van der Waals surface area contributed by atoms with Gasteiger partial charge in [0.05, 0.1) is 24.3 Å². The van der Waals surface area contributed by atoms with Crippen molar-refractivity contribution in [3.63, 3.8) is 0 Å². The van der Waals surface area contributed by atoms with Gasteiger partial charge in [-0.15, -0.1) is 0 Å². The van der Waals surface area contributed by atoms with Crippen LogP contribution in [-0.2, 0) is 6.54 Å². The number of benzene rings is 2. The summed E-state index contributed by atoms with van der Waals surface area (Å²) in [6.45, 7) is 0.533. The maximum Gasteiger partial charge on any atom is 0.311 e. The van der Waals surface area contributed by atoms with Crippen LogP contribution in [0.25, 0.3) is 11.3 Å². The molecule has 0 unspecified atom stereocenters. The zero-order chi connectivity index (χ0) is 17.1. The highest BCUT2D eigenvalue weighted by Gasteiger charge is 2.17. The van der Waals surface area contributed by atoms with Crippen LogP contribution < -0.4 is 10.5 Å². The molecule has 0 saturated carbocycles. The first-order chi connectivity index (χ1) is 11.6. The number of rotatable bonds is 5. The molecule has 0 fully saturated rings. The number of nitro benzene ring substituents is 1. The van der Waals surface area contributed by atoms with E-state index < -0.39 is 4.92 Å². The van der Waals surface area contributed by atoms with E-state index in [1.165, 1.54) is 13.2 Å². The Morgan fingerprint density at radius 2 is 1.96 bits per heavy atom. The third-order valence-corrected chi connectivity index (χ3v) is 3.66. The van der Waals surface area contributed by atoms with Gasteiger partial charge in [-0.3, -0.25) is 10.1 Å². The Morgan fingerprint density at radius 3 is 2.62 bits per heavy atom. The molecule has 0 bridgehead atoms. The highest BCUT2D eigenvalue weighted by atomic mass is 16.6. The van der Waals surface area contributed by atoms with Crippen LogP contribution in [0, 0.1) is 10.1 Å². The lowest BCUT2D eigenvalue weighted by Gasteiger charge is -2.04. The van der Waals surface area contributed by atoms with Gasteiger partial charge in [-0.2, -0.15) is 5.10 Å². The second kappa shape index (κ2) is 6.41. The molecule has 1 aromatic heterocycles. The van der Waals surface area contributed by atoms with Gasteiger partial charge < -0.3 is 10.5 Å². The molecule has 2 aromatic carbocycles. The summed E-state index contributed by atoms with van der Waals surface area (Å²) < 4.78 is 6.68. The van der Waals surface area contributed by atoms with Crippen molar-refractivity contribution in [1.82, 2.24) is 9.78 Å². The molecule has 122 valence electrons. The highest BCUT2D eigenvalue weighted by Crippen LogP contribution is 2.32. The average Bonchev–Trinajstić information content (AvgIpc) is 2.96. The van der Waals surface area contributed by atoms with Crippen molar-refractivity contribution in [1.29, 1.82) is 0 Å². The maximum absolute atomic E-state index is 11.2. The standard InChI is InChI=1S/C17H16N4O3/c1-24-16-8-7-13(9-15(16)21(22)23)14-10-17(18)20(19-14)11-12-5-3-2-4-6-12/h2-10H,11,18H2,1H3. The molecule has 7 heteroatoms. The lowest BCUT2D eigenvalue weighted by atomic mass is 10.1. The number of anilines is 1. The van der Waals surface area contributed by atoms with E-state index in [0.29, 0.717) is 23.6 Å². The van der Waals surface area contributed by atoms with Crippen LogP contribution in [0.2, 0.25) is 0 Å². The molecule has 3 aromatic rings. The molecule has 1 heterocycles. The van der Waals surface area contributed by atoms with Crippen LogP contribution in [0.3, 0.4) is 0 Å². The molecule has 0 spiro atoms. The lowest BCUT2D eigenvalue weighted by molar-refractivity contribution is -0.385. The normalized spacial score (nSPS) is 10.5. The molecule has 0 saturated heterocycles. The zero-order valence-electron chi connectivity index (χ0n) is 13.0. The lowest BCUT2D eigenvalue weighted by Crippen LogP contribution is -2.05. The summed E-state index contributed by atoms with van der Waals surface area (Å²) in [6.07, 6.45) is 0. The van der Waals surface area contributed by atoms with Crippen LogP contribution in [0.5, 0.6) is 5.75 Å². The van der Waals surface area contributed by atoms with Gasteiger partial charge in [-0.25, -0.2) is 4.68 Å². The van der Waals surface area contributed by atoms with E-state index >= 15 is 0 Å². The third kappa shape index (κ3) is 3.05. The fourth-order valence-electron chi connectivity index (χ4n) is 2.45. The van der Waals surface area contributed by atoms with E-state index in [0.717, 1.165) is 5.56 Å². The molecule has 0 amide bonds. The number of nitrogens with two attached hydrogens (primary N) is 1. The first kappa shape index (κ1) is 15.5. The van der Waals surface area contributed by atoms with E-state index in [9.17, 15) is 10.1 Å². The highest BCUT2D eigenvalue weighted by molar-refractivity contribution is 5.68. The molecule has 24 heavy (non-hydrogen) atoms. The largest absolute Gasteiger partial charge is 0.490 e. The topological polar surface area (TPSA) is 96.2 Å². The van der Waals surface area contributed by atoms with E-state index in [-0.39, 0.29) is 11.4 Å². The van der Waals surface area contributed by atoms with Crippen molar-refractivity contribution in [2.75, 3.05) is 12.8 Å². The summed E-state index contributed by atoms with van der Waals surface area (Å²) in [4.78, 5) is 10.7. The molecule has 0 radical (unpaired) electrons. The van der Waals surface area contributed by atoms with Gasteiger partial charge in [0, 0.05) is 17.7 Å². The predicted molar refractivity (Wildman–Crippen MR) is 90.8 cm³/mol. The van der Waals surface area contributed by atoms with E-state index in [2.05, 4.69) is 5.10 Å². The Bertz CT molecular complexity index is 875. The Labute approximate surface area is 138 Å². The second-order valence-electron chi connectivity index (χ2n) is 5.24. The Balaban J connectivity index is 1.95. The Morgan fingerprint density at radius 1 is 1.21 bits per heavy atom. The molecule has 2 N–H and O–H groups in total. The molecular weight excluding hydrogens is 308 g/mol. The Hall–Kier alpha value is -3.35. The number of nitrogen functional groups attached to an aromatic ring is 1. The maximum atomic E-state index is 11.2. The van der Waals surface area contributed by atoms with Crippen LogP contribution in [0.4, 0.5) is 11.5 Å². The van der Waals surface area contributed by atoms with Crippen LogP contribution >= 0.6 is 0 Å². The number of aromatic nitrogens is 2. The monoisotopic (exact) mass is 324 g/mol. The first-order valence-electron chi connectivity index (χ1n) is 7.28. The van der Waals surface area contributed by atoms with Crippen LogP contribution in [0.15, 0.2) is 54.6 Å². The summed E-state index contributed by atoms with van der Waals surface area (Å²) in [5, 5.41) is 15.6. The molecule has 0 aliphatic carbocycles. The predicted octanol–water partition coefficient (Wildman–Crippen LogP) is 3.10. The van der Waals surface area contributed by atoms with Gasteiger partial charge in [-0.1, -0.05) is 30.3 Å². The number of ether oxygens (including phenoxy) is 1. The van der Waals surface area contributed by atoms with Crippen molar-refractivity contribution in [2.45, 2.75) is 6.54 Å². The van der Waals surface area contributed by atoms with Crippen LogP contribution in [0.1, 0.15) is 5.56 Å². The summed E-state index contributed by atoms with van der Waals surface area (Å²) in [5.41, 5.74) is 8.18. The summed E-state index contributed by atoms with van der Waals surface area (Å²) in [6, 6.07) is 16.2. The van der Waals surface area contributed by atoms with Gasteiger partial charge in [0.2, 0.25) is 0 Å². The summed E-state index contributed by atoms with van der Waals surface area (Å²) in [7, 11) is 1.40. The Kier molecular flexibility index (Phi) is 4.15. The molecule has 7 nitrogen and oxygen atoms in total. The first-order valence-corrected chi connectivity index (χ1v) is 7.28. The fourth-order valence-corrected chi connectivity index (χ4v) is 2.45. The number of hydrogen-bond acceptors (Lipinski definition) is 5. The third-order valence-electron chi connectivity index (χ3n) is 3.66. The molecular formula is C17H16N4O3.